The van der Waals surface area contributed by atoms with Crippen LogP contribution in [0, 0.1) is 0 Å². The SMILES string of the molecule is CC(C)(CO)NC(=O)CCC(=O)c1cccs1. The number of aliphatic hydroxyl groups is 1. The van der Waals surface area contributed by atoms with Crippen LogP contribution < -0.4 is 5.32 Å². The number of rotatable bonds is 6. The molecule has 5 heteroatoms. The minimum Gasteiger partial charge on any atom is -0.394 e. The summed E-state index contributed by atoms with van der Waals surface area (Å²) in [5, 5.41) is 13.5. The zero-order valence-electron chi connectivity index (χ0n) is 10.0. The van der Waals surface area contributed by atoms with Gasteiger partial charge in [-0.2, -0.15) is 0 Å². The molecule has 2 N–H and O–H groups in total. The largest absolute Gasteiger partial charge is 0.394 e. The number of hydrogen-bond acceptors (Lipinski definition) is 4. The summed E-state index contributed by atoms with van der Waals surface area (Å²) in [6, 6.07) is 3.56. The molecule has 0 radical (unpaired) electrons. The van der Waals surface area contributed by atoms with Crippen molar-refractivity contribution in [3.8, 4) is 0 Å². The molecule has 0 bridgehead atoms. The number of carbonyl (C=O) groups is 2. The van der Waals surface area contributed by atoms with E-state index < -0.39 is 5.54 Å². The predicted molar refractivity (Wildman–Crippen MR) is 67.2 cm³/mol. The molecule has 0 atom stereocenters. The first-order chi connectivity index (χ1) is 7.94. The van der Waals surface area contributed by atoms with Gasteiger partial charge in [0.2, 0.25) is 5.91 Å². The molecule has 1 rings (SSSR count). The molecule has 0 aliphatic carbocycles. The molecule has 4 nitrogen and oxygen atoms in total. The summed E-state index contributed by atoms with van der Waals surface area (Å²) in [6.07, 6.45) is 0.355. The van der Waals surface area contributed by atoms with Gasteiger partial charge in [-0.3, -0.25) is 9.59 Å². The highest BCUT2D eigenvalue weighted by Crippen LogP contribution is 2.12. The van der Waals surface area contributed by atoms with Crippen molar-refractivity contribution >= 4 is 23.0 Å². The normalized spacial score (nSPS) is 11.2. The Hall–Kier alpha value is -1.20. The van der Waals surface area contributed by atoms with Crippen molar-refractivity contribution in [2.45, 2.75) is 32.2 Å². The molecule has 0 unspecified atom stereocenters. The first-order valence-corrected chi connectivity index (χ1v) is 6.31. The van der Waals surface area contributed by atoms with Crippen LogP contribution >= 0.6 is 11.3 Å². The van der Waals surface area contributed by atoms with E-state index in [4.69, 9.17) is 5.11 Å². The molecule has 0 fully saturated rings. The van der Waals surface area contributed by atoms with E-state index in [0.717, 1.165) is 0 Å². The predicted octanol–water partition coefficient (Wildman–Crippen LogP) is 1.60. The summed E-state index contributed by atoms with van der Waals surface area (Å²) in [5.41, 5.74) is -0.636. The van der Waals surface area contributed by atoms with Crippen LogP contribution in [-0.4, -0.2) is 28.9 Å². The van der Waals surface area contributed by atoms with Gasteiger partial charge in [0.1, 0.15) is 0 Å². The van der Waals surface area contributed by atoms with Crippen molar-refractivity contribution in [3.05, 3.63) is 22.4 Å². The summed E-state index contributed by atoms with van der Waals surface area (Å²) in [6.45, 7) is 3.33. The zero-order chi connectivity index (χ0) is 12.9. The molecule has 0 spiro atoms. The summed E-state index contributed by atoms with van der Waals surface area (Å²) < 4.78 is 0. The van der Waals surface area contributed by atoms with E-state index in [2.05, 4.69) is 5.32 Å². The number of ketones is 1. The van der Waals surface area contributed by atoms with E-state index in [9.17, 15) is 9.59 Å². The molecule has 0 aliphatic rings. The molecule has 0 saturated carbocycles. The molecular weight excluding hydrogens is 238 g/mol. The molecule has 0 aliphatic heterocycles. The maximum Gasteiger partial charge on any atom is 0.220 e. The monoisotopic (exact) mass is 255 g/mol. The number of carbonyl (C=O) groups excluding carboxylic acids is 2. The summed E-state index contributed by atoms with van der Waals surface area (Å²) in [5.74, 6) is -0.231. The van der Waals surface area contributed by atoms with E-state index in [1.54, 1.807) is 19.9 Å². The van der Waals surface area contributed by atoms with Gasteiger partial charge in [0.15, 0.2) is 5.78 Å². The van der Waals surface area contributed by atoms with Gasteiger partial charge in [0.05, 0.1) is 17.0 Å². The van der Waals surface area contributed by atoms with Crippen molar-refractivity contribution in [2.75, 3.05) is 6.61 Å². The Morgan fingerprint density at radius 3 is 2.65 bits per heavy atom. The Morgan fingerprint density at radius 2 is 2.12 bits per heavy atom. The Kier molecular flexibility index (Phi) is 4.84. The number of nitrogens with one attached hydrogen (secondary N) is 1. The number of thiophene rings is 1. The van der Waals surface area contributed by atoms with Gasteiger partial charge in [-0.05, 0) is 25.3 Å². The summed E-state index contributed by atoms with van der Waals surface area (Å²) >= 11 is 1.38. The lowest BCUT2D eigenvalue weighted by atomic mass is 10.1. The molecule has 1 amide bonds. The molecule has 0 aromatic carbocycles. The van der Waals surface area contributed by atoms with Gasteiger partial charge in [0.25, 0.3) is 0 Å². The lowest BCUT2D eigenvalue weighted by Crippen LogP contribution is -2.46. The average Bonchev–Trinajstić information content (AvgIpc) is 2.78. The summed E-state index contributed by atoms with van der Waals surface area (Å²) in [7, 11) is 0. The fraction of sp³-hybridized carbons (Fsp3) is 0.500. The van der Waals surface area contributed by atoms with Crippen LogP contribution in [0.15, 0.2) is 17.5 Å². The highest BCUT2D eigenvalue weighted by Gasteiger charge is 2.19. The smallest absolute Gasteiger partial charge is 0.220 e. The van der Waals surface area contributed by atoms with E-state index in [0.29, 0.717) is 4.88 Å². The zero-order valence-corrected chi connectivity index (χ0v) is 10.8. The van der Waals surface area contributed by atoms with Gasteiger partial charge in [-0.1, -0.05) is 6.07 Å². The van der Waals surface area contributed by atoms with Crippen LogP contribution in [0.25, 0.3) is 0 Å². The summed E-state index contributed by atoms with van der Waals surface area (Å²) in [4.78, 5) is 23.8. The second kappa shape index (κ2) is 5.93. The molecule has 1 aromatic heterocycles. The van der Waals surface area contributed by atoms with Crippen molar-refractivity contribution in [1.29, 1.82) is 0 Å². The van der Waals surface area contributed by atoms with Gasteiger partial charge in [-0.15, -0.1) is 11.3 Å². The van der Waals surface area contributed by atoms with E-state index in [-0.39, 0.29) is 31.1 Å². The van der Waals surface area contributed by atoms with Crippen LogP contribution in [0.2, 0.25) is 0 Å². The van der Waals surface area contributed by atoms with Gasteiger partial charge in [0, 0.05) is 12.8 Å². The Balaban J connectivity index is 2.36. The quantitative estimate of drug-likeness (QED) is 0.759. The van der Waals surface area contributed by atoms with Gasteiger partial charge >= 0.3 is 0 Å². The third kappa shape index (κ3) is 4.66. The lowest BCUT2D eigenvalue weighted by molar-refractivity contribution is -0.123. The molecule has 0 saturated heterocycles. The Labute approximate surface area is 105 Å². The van der Waals surface area contributed by atoms with E-state index in [1.165, 1.54) is 11.3 Å². The number of hydrogen-bond donors (Lipinski definition) is 2. The molecule has 17 heavy (non-hydrogen) atoms. The van der Waals surface area contributed by atoms with E-state index >= 15 is 0 Å². The third-order valence-electron chi connectivity index (χ3n) is 2.25. The molecule has 1 heterocycles. The number of aliphatic hydroxyl groups excluding tert-OH is 1. The number of amides is 1. The second-order valence-electron chi connectivity index (χ2n) is 4.49. The van der Waals surface area contributed by atoms with Crippen LogP contribution in [0.5, 0.6) is 0 Å². The van der Waals surface area contributed by atoms with Gasteiger partial charge in [-0.25, -0.2) is 0 Å². The Bertz CT molecular complexity index is 384. The third-order valence-corrected chi connectivity index (χ3v) is 3.16. The van der Waals surface area contributed by atoms with E-state index in [1.807, 2.05) is 11.4 Å². The first kappa shape index (κ1) is 13.9. The van der Waals surface area contributed by atoms with Crippen molar-refractivity contribution in [3.63, 3.8) is 0 Å². The van der Waals surface area contributed by atoms with Crippen molar-refractivity contribution in [2.24, 2.45) is 0 Å². The second-order valence-corrected chi connectivity index (χ2v) is 5.44. The molecular formula is C12H17NO3S. The minimum absolute atomic E-state index is 0.0167. The highest BCUT2D eigenvalue weighted by atomic mass is 32.1. The Morgan fingerprint density at radius 1 is 1.41 bits per heavy atom. The average molecular weight is 255 g/mol. The minimum atomic E-state index is -0.636. The number of Topliss-reactive ketones (excluding diaryl/α,β-unsaturated/α-hetero) is 1. The first-order valence-electron chi connectivity index (χ1n) is 5.43. The van der Waals surface area contributed by atoms with Crippen LogP contribution in [0.3, 0.4) is 0 Å². The highest BCUT2D eigenvalue weighted by molar-refractivity contribution is 7.12. The standard InChI is InChI=1S/C12H17NO3S/c1-12(2,8-14)13-11(16)6-5-9(15)10-4-3-7-17-10/h3-4,7,14H,5-6,8H2,1-2H3,(H,13,16). The van der Waals surface area contributed by atoms with Gasteiger partial charge < -0.3 is 10.4 Å². The van der Waals surface area contributed by atoms with Crippen molar-refractivity contribution < 1.29 is 14.7 Å². The van der Waals surface area contributed by atoms with Crippen molar-refractivity contribution in [1.82, 2.24) is 5.32 Å². The van der Waals surface area contributed by atoms with Crippen LogP contribution in [0.4, 0.5) is 0 Å². The fourth-order valence-corrected chi connectivity index (χ4v) is 1.96. The van der Waals surface area contributed by atoms with Crippen LogP contribution in [0.1, 0.15) is 36.4 Å². The van der Waals surface area contributed by atoms with Crippen LogP contribution in [-0.2, 0) is 4.79 Å². The topological polar surface area (TPSA) is 66.4 Å². The maximum atomic E-state index is 11.6. The molecule has 94 valence electrons. The maximum absolute atomic E-state index is 11.6. The molecule has 1 aromatic rings. The fourth-order valence-electron chi connectivity index (χ4n) is 1.27. The lowest BCUT2D eigenvalue weighted by Gasteiger charge is -2.23.